The van der Waals surface area contributed by atoms with Gasteiger partial charge in [0.1, 0.15) is 17.9 Å². The summed E-state index contributed by atoms with van der Waals surface area (Å²) in [6.45, 7) is 6.36. The number of ether oxygens (including phenoxy) is 1. The lowest BCUT2D eigenvalue weighted by Crippen LogP contribution is -2.56. The number of H-pyrrole nitrogens is 1. The van der Waals surface area contributed by atoms with Crippen LogP contribution >= 0.6 is 0 Å². The van der Waals surface area contributed by atoms with Gasteiger partial charge in [-0.05, 0) is 97.8 Å². The summed E-state index contributed by atoms with van der Waals surface area (Å²) in [5.74, 6) is -1.22. The van der Waals surface area contributed by atoms with E-state index in [2.05, 4.69) is 20.6 Å². The van der Waals surface area contributed by atoms with Crippen LogP contribution in [0.5, 0.6) is 0 Å². The highest BCUT2D eigenvalue weighted by Crippen LogP contribution is 2.36. The van der Waals surface area contributed by atoms with Crippen LogP contribution in [0.1, 0.15) is 69.2 Å². The van der Waals surface area contributed by atoms with E-state index < -0.39 is 30.1 Å². The third-order valence-corrected chi connectivity index (χ3v) is 12.6. The Labute approximate surface area is 407 Å². The Kier molecular flexibility index (Phi) is 15.4. The third-order valence-electron chi connectivity index (χ3n) is 12.6. The number of nitrogens with zero attached hydrogens (tertiary/aromatic N) is 3. The molecule has 3 amide bonds. The normalized spacial score (nSPS) is 14.5. The number of carboxylic acid groups (broad SMARTS) is 1. The lowest BCUT2D eigenvalue weighted by atomic mass is 9.93. The Bertz CT molecular complexity index is 2970. The van der Waals surface area contributed by atoms with Gasteiger partial charge >= 0.3 is 11.9 Å². The fourth-order valence-electron chi connectivity index (χ4n) is 9.07. The number of anilines is 2. The number of para-hydroxylation sites is 1. The van der Waals surface area contributed by atoms with Gasteiger partial charge in [0.05, 0.1) is 24.0 Å². The van der Waals surface area contributed by atoms with E-state index >= 15 is 0 Å². The predicted octanol–water partition coefficient (Wildman–Crippen LogP) is 9.07. The van der Waals surface area contributed by atoms with Crippen molar-refractivity contribution in [3.8, 4) is 22.4 Å². The lowest BCUT2D eigenvalue weighted by Gasteiger charge is -2.36. The van der Waals surface area contributed by atoms with Gasteiger partial charge in [0.2, 0.25) is 5.91 Å². The Hall–Kier alpha value is -8.16. The van der Waals surface area contributed by atoms with Gasteiger partial charge in [-0.2, -0.15) is 0 Å². The topological polar surface area (TPSA) is 174 Å². The molecule has 0 unspecified atom stereocenters. The second-order valence-electron chi connectivity index (χ2n) is 17.3. The van der Waals surface area contributed by atoms with Crippen LogP contribution in [0.3, 0.4) is 0 Å². The molecule has 1 aromatic heterocycles. The van der Waals surface area contributed by atoms with Gasteiger partial charge in [-0.3, -0.25) is 24.5 Å². The molecule has 2 aliphatic heterocycles. The maximum Gasteiger partial charge on any atom is 0.326 e. The van der Waals surface area contributed by atoms with E-state index in [9.17, 15) is 29.1 Å². The summed E-state index contributed by atoms with van der Waals surface area (Å²) in [6.07, 6.45) is 2.06. The smallest absolute Gasteiger partial charge is 0.326 e. The molecule has 0 radical (unpaired) electrons. The molecule has 0 saturated heterocycles. The van der Waals surface area contributed by atoms with Crippen LogP contribution < -0.4 is 15.5 Å². The number of hydrogen-bond acceptors (Lipinski definition) is 8. The molecule has 0 aliphatic carbocycles. The first-order valence-electron chi connectivity index (χ1n) is 23.6. The van der Waals surface area contributed by atoms with Crippen LogP contribution in [0.25, 0.3) is 22.4 Å². The van der Waals surface area contributed by atoms with Crippen molar-refractivity contribution in [1.29, 1.82) is 0 Å². The van der Waals surface area contributed by atoms with Crippen LogP contribution in [0, 0.1) is 6.92 Å². The highest BCUT2D eigenvalue weighted by Gasteiger charge is 2.37. The molecule has 4 N–H and O–H groups in total. The second kappa shape index (κ2) is 22.3. The number of aliphatic carboxylic acids is 1. The maximum absolute atomic E-state index is 13.6. The number of hydrogen-bond donors (Lipinski definition) is 4. The number of aromatic nitrogens is 2. The Morgan fingerprint density at radius 3 is 2.14 bits per heavy atom. The van der Waals surface area contributed by atoms with Crippen molar-refractivity contribution in [2.45, 2.75) is 71.1 Å². The number of imidazole rings is 1. The molecule has 0 spiro atoms. The van der Waals surface area contributed by atoms with Crippen molar-refractivity contribution < 1.29 is 33.8 Å². The molecule has 2 aliphatic rings. The number of carboxylic acids is 1. The number of aromatic amines is 1. The van der Waals surface area contributed by atoms with E-state index in [1.807, 2.05) is 145 Å². The number of rotatable bonds is 13. The van der Waals surface area contributed by atoms with Crippen LogP contribution in [-0.2, 0) is 44.9 Å². The number of nitrogens with one attached hydrogen (secondary N) is 3. The molecule has 13 heteroatoms. The Morgan fingerprint density at radius 1 is 0.786 bits per heavy atom. The van der Waals surface area contributed by atoms with E-state index in [1.54, 1.807) is 38.1 Å². The van der Waals surface area contributed by atoms with E-state index in [0.29, 0.717) is 42.6 Å². The lowest BCUT2D eigenvalue weighted by molar-refractivity contribution is -0.153. The zero-order chi connectivity index (χ0) is 49.1. The summed E-state index contributed by atoms with van der Waals surface area (Å²) in [5, 5.41) is 15.8. The molecule has 7 aromatic rings. The van der Waals surface area contributed by atoms with Crippen LogP contribution in [0.15, 0.2) is 158 Å². The number of carbonyl (C=O) groups excluding carboxylic acids is 4. The summed E-state index contributed by atoms with van der Waals surface area (Å²) < 4.78 is 5.20. The molecule has 356 valence electrons. The van der Waals surface area contributed by atoms with Crippen LogP contribution in [0.4, 0.5) is 11.4 Å². The van der Waals surface area contributed by atoms with Gasteiger partial charge in [0.15, 0.2) is 0 Å². The van der Waals surface area contributed by atoms with E-state index in [1.165, 1.54) is 4.90 Å². The van der Waals surface area contributed by atoms with Gasteiger partial charge in [-0.1, -0.05) is 121 Å². The fraction of sp³-hybridized carbons (Fsp3) is 0.228. The first kappa shape index (κ1) is 48.3. The summed E-state index contributed by atoms with van der Waals surface area (Å²) >= 11 is 0. The number of esters is 1. The van der Waals surface area contributed by atoms with Gasteiger partial charge in [-0.15, -0.1) is 0 Å². The van der Waals surface area contributed by atoms with Crippen LogP contribution in [-0.4, -0.2) is 80.9 Å². The van der Waals surface area contributed by atoms with Gasteiger partial charge in [0, 0.05) is 54.0 Å². The van der Waals surface area contributed by atoms with E-state index in [0.717, 1.165) is 56.3 Å². The molecule has 0 fully saturated rings. The standard InChI is InChI=1S/C32H26N4O2.C25H30N2O5/c1-21-33-28-19-20-36(29-14-8-7-13-27(29)30(28)34-21)32(38)23-15-17-24(18-16-23)35-31(37)26-12-6-5-11-25(26)22-9-3-2-4-10-22;1-3-32-25(31)21(14-13-18-9-5-4-6-10-18)26-17(2)23(28)27-16-20-12-8-7-11-19(20)15-22(27)24(29)30/h2-18H,19-20H2,1H3,(H,33,34)(H,35,37);4-12,17,21-22,26H,3,13-16H2,1-2H3,(H,29,30)/t;17-,21-,22-/m.0/s1. The third kappa shape index (κ3) is 11.2. The minimum atomic E-state index is -1.04. The average molecular weight is 937 g/mol. The van der Waals surface area contributed by atoms with Crippen LogP contribution in [0.2, 0.25) is 0 Å². The van der Waals surface area contributed by atoms with Crippen molar-refractivity contribution in [3.63, 3.8) is 0 Å². The summed E-state index contributed by atoms with van der Waals surface area (Å²) in [5.41, 5.74) is 10.3. The van der Waals surface area contributed by atoms with Crippen molar-refractivity contribution >= 4 is 41.0 Å². The van der Waals surface area contributed by atoms with Gasteiger partial charge in [-0.25, -0.2) is 9.78 Å². The number of fused-ring (bicyclic) bond motifs is 4. The molecule has 9 rings (SSSR count). The molecule has 0 saturated carbocycles. The molecular formula is C57H56N6O7. The summed E-state index contributed by atoms with van der Waals surface area (Å²) in [4.78, 5) is 75.7. The molecule has 13 nitrogen and oxygen atoms in total. The van der Waals surface area contributed by atoms with Gasteiger partial charge < -0.3 is 29.9 Å². The van der Waals surface area contributed by atoms with E-state index in [4.69, 9.17) is 4.74 Å². The number of carbonyl (C=O) groups is 5. The van der Waals surface area contributed by atoms with Crippen molar-refractivity contribution in [2.24, 2.45) is 0 Å². The highest BCUT2D eigenvalue weighted by atomic mass is 16.5. The summed E-state index contributed by atoms with van der Waals surface area (Å²) in [6, 6.07) is 47.3. The first-order valence-corrected chi connectivity index (χ1v) is 23.6. The maximum atomic E-state index is 13.6. The molecule has 3 heterocycles. The van der Waals surface area contributed by atoms with E-state index in [-0.39, 0.29) is 37.3 Å². The highest BCUT2D eigenvalue weighted by molar-refractivity contribution is 6.10. The molecule has 0 bridgehead atoms. The van der Waals surface area contributed by atoms with Crippen molar-refractivity contribution in [1.82, 2.24) is 20.2 Å². The fourth-order valence-corrected chi connectivity index (χ4v) is 9.07. The SMILES string of the molecule is CCOC(=O)[C@H](CCc1ccccc1)N[C@@H](C)C(=O)N1Cc2ccccc2C[C@H]1C(=O)O.Cc1nc2c([nH]1)CCN(C(=O)c1ccc(NC(=O)c3ccccc3-c3ccccc3)cc1)c1ccccc1-2. The molecule has 70 heavy (non-hydrogen) atoms. The predicted molar refractivity (Wildman–Crippen MR) is 270 cm³/mol. The van der Waals surface area contributed by atoms with Crippen molar-refractivity contribution in [2.75, 3.05) is 23.4 Å². The minimum absolute atomic E-state index is 0.0911. The number of benzene rings is 6. The second-order valence-corrected chi connectivity index (χ2v) is 17.3. The largest absolute Gasteiger partial charge is 0.480 e. The summed E-state index contributed by atoms with van der Waals surface area (Å²) in [7, 11) is 0. The quantitative estimate of drug-likeness (QED) is 0.0823. The molecular weight excluding hydrogens is 881 g/mol. The number of amides is 3. The minimum Gasteiger partial charge on any atom is -0.480 e. The van der Waals surface area contributed by atoms with Gasteiger partial charge in [0.25, 0.3) is 11.8 Å². The first-order chi connectivity index (χ1) is 34.0. The monoisotopic (exact) mass is 936 g/mol. The molecule has 6 aromatic carbocycles. The Balaban J connectivity index is 0.000000192. The van der Waals surface area contributed by atoms with Crippen molar-refractivity contribution in [3.05, 3.63) is 197 Å². The average Bonchev–Trinajstić information content (AvgIpc) is 3.70. The zero-order valence-corrected chi connectivity index (χ0v) is 39.4. The zero-order valence-electron chi connectivity index (χ0n) is 39.4. The number of aryl methyl sites for hydroxylation is 2. The molecule has 3 atom stereocenters. The Morgan fingerprint density at radius 2 is 1.43 bits per heavy atom.